The van der Waals surface area contributed by atoms with Crippen molar-refractivity contribution in [3.63, 3.8) is 0 Å². The van der Waals surface area contributed by atoms with Gasteiger partial charge in [-0.1, -0.05) is 29.8 Å². The molecule has 1 fully saturated rings. The number of aliphatic hydroxyl groups is 1. The summed E-state index contributed by atoms with van der Waals surface area (Å²) in [6, 6.07) is 12.3. The number of carbonyl (C=O) groups excluding carboxylic acids is 2. The van der Waals surface area contributed by atoms with E-state index in [1.165, 1.54) is 0 Å². The van der Waals surface area contributed by atoms with Crippen LogP contribution in [0.4, 0.5) is 0 Å². The number of aryl methyl sites for hydroxylation is 2. The molecule has 6 heteroatoms. The van der Waals surface area contributed by atoms with Gasteiger partial charge in [0.2, 0.25) is 0 Å². The lowest BCUT2D eigenvalue weighted by molar-refractivity contribution is -0.140. The Hall–Kier alpha value is -3.12. The lowest BCUT2D eigenvalue weighted by atomic mass is 9.94. The minimum absolute atomic E-state index is 0.0934. The van der Waals surface area contributed by atoms with Crippen molar-refractivity contribution in [3.05, 3.63) is 70.3 Å². The van der Waals surface area contributed by atoms with E-state index >= 15 is 0 Å². The van der Waals surface area contributed by atoms with Crippen molar-refractivity contribution in [2.75, 3.05) is 19.8 Å². The predicted octanol–water partition coefficient (Wildman–Crippen LogP) is 4.94. The molecule has 1 atom stereocenters. The van der Waals surface area contributed by atoms with Crippen LogP contribution in [0.5, 0.6) is 5.75 Å². The fourth-order valence-corrected chi connectivity index (χ4v) is 4.12. The van der Waals surface area contributed by atoms with Crippen molar-refractivity contribution < 1.29 is 24.2 Å². The molecule has 2 aromatic rings. The van der Waals surface area contributed by atoms with E-state index in [-0.39, 0.29) is 17.4 Å². The number of rotatable bonds is 9. The average molecular weight is 452 g/mol. The second kappa shape index (κ2) is 10.7. The topological polar surface area (TPSA) is 76.1 Å². The van der Waals surface area contributed by atoms with Crippen molar-refractivity contribution in [1.29, 1.82) is 0 Å². The minimum Gasteiger partial charge on any atom is -0.507 e. The van der Waals surface area contributed by atoms with E-state index < -0.39 is 17.7 Å². The van der Waals surface area contributed by atoms with Crippen molar-refractivity contribution in [3.8, 4) is 5.75 Å². The first-order valence-electron chi connectivity index (χ1n) is 11.4. The van der Waals surface area contributed by atoms with Crippen molar-refractivity contribution in [2.24, 2.45) is 0 Å². The molecule has 1 amide bonds. The third-order valence-electron chi connectivity index (χ3n) is 5.64. The Labute approximate surface area is 195 Å². The molecule has 0 saturated carbocycles. The fraction of sp³-hybridized carbons (Fsp3) is 0.407. The molecule has 176 valence electrons. The van der Waals surface area contributed by atoms with Gasteiger partial charge < -0.3 is 19.5 Å². The number of likely N-dealkylation sites (tertiary alicyclic amines) is 1. The summed E-state index contributed by atoms with van der Waals surface area (Å²) in [7, 11) is 0. The van der Waals surface area contributed by atoms with Crippen LogP contribution in [-0.4, -0.2) is 47.6 Å². The van der Waals surface area contributed by atoms with Crippen LogP contribution in [-0.2, 0) is 14.3 Å². The average Bonchev–Trinajstić information content (AvgIpc) is 3.02. The predicted molar refractivity (Wildman–Crippen MR) is 128 cm³/mol. The standard InChI is InChI=1S/C27H33NO5/c1-6-32-22-12-11-21(16-19(22)5)25(29)23-24(20-10-7-9-18(4)15-20)28(27(31)26(23)30)13-8-14-33-17(2)3/h7,9-12,15-17,24,29H,6,8,13-14H2,1-5H3/b25-23-. The Morgan fingerprint density at radius 1 is 1.12 bits per heavy atom. The van der Waals surface area contributed by atoms with Gasteiger partial charge in [0, 0.05) is 18.7 Å². The summed E-state index contributed by atoms with van der Waals surface area (Å²) in [6.45, 7) is 11.0. The Morgan fingerprint density at radius 3 is 2.52 bits per heavy atom. The lowest BCUT2D eigenvalue weighted by Crippen LogP contribution is -2.31. The van der Waals surface area contributed by atoms with Gasteiger partial charge in [-0.2, -0.15) is 0 Å². The van der Waals surface area contributed by atoms with Crippen LogP contribution < -0.4 is 4.74 Å². The first kappa shape index (κ1) is 24.5. The number of nitrogens with zero attached hydrogens (tertiary/aromatic N) is 1. The summed E-state index contributed by atoms with van der Waals surface area (Å²) < 4.78 is 11.2. The molecule has 0 spiro atoms. The summed E-state index contributed by atoms with van der Waals surface area (Å²) >= 11 is 0. The number of hydrogen-bond donors (Lipinski definition) is 1. The smallest absolute Gasteiger partial charge is 0.295 e. The molecule has 1 aliphatic heterocycles. The van der Waals surface area contributed by atoms with Crippen LogP contribution in [0.15, 0.2) is 48.0 Å². The number of aliphatic hydroxyl groups excluding tert-OH is 1. The van der Waals surface area contributed by atoms with E-state index in [0.717, 1.165) is 22.4 Å². The molecule has 3 rings (SSSR count). The van der Waals surface area contributed by atoms with Crippen LogP contribution in [0, 0.1) is 13.8 Å². The molecule has 1 heterocycles. The molecule has 2 aromatic carbocycles. The Morgan fingerprint density at radius 2 is 1.88 bits per heavy atom. The Bertz CT molecular complexity index is 1060. The molecule has 0 radical (unpaired) electrons. The summed E-state index contributed by atoms with van der Waals surface area (Å²) in [5.41, 5.74) is 3.24. The molecule has 0 aliphatic carbocycles. The SMILES string of the molecule is CCOc1ccc(/C(O)=C2/C(=O)C(=O)N(CCCOC(C)C)C2c2cccc(C)c2)cc1C. The number of amides is 1. The van der Waals surface area contributed by atoms with Crippen LogP contribution in [0.2, 0.25) is 0 Å². The normalized spacial score (nSPS) is 17.8. The quantitative estimate of drug-likeness (QED) is 0.253. The zero-order chi connectivity index (χ0) is 24.1. The molecule has 33 heavy (non-hydrogen) atoms. The number of ether oxygens (including phenoxy) is 2. The van der Waals surface area contributed by atoms with Gasteiger partial charge in [-0.15, -0.1) is 0 Å². The van der Waals surface area contributed by atoms with E-state index in [2.05, 4.69) is 0 Å². The van der Waals surface area contributed by atoms with Crippen molar-refractivity contribution in [2.45, 2.75) is 53.2 Å². The third-order valence-corrected chi connectivity index (χ3v) is 5.64. The number of Topliss-reactive ketones (excluding diaryl/α,β-unsaturated/α-hetero) is 1. The number of carbonyl (C=O) groups is 2. The number of ketones is 1. The van der Waals surface area contributed by atoms with Gasteiger partial charge in [-0.25, -0.2) is 0 Å². The fourth-order valence-electron chi connectivity index (χ4n) is 4.12. The highest BCUT2D eigenvalue weighted by Gasteiger charge is 2.45. The zero-order valence-electron chi connectivity index (χ0n) is 20.1. The van der Waals surface area contributed by atoms with Crippen molar-refractivity contribution >= 4 is 17.4 Å². The van der Waals surface area contributed by atoms with Gasteiger partial charge in [0.15, 0.2) is 0 Å². The van der Waals surface area contributed by atoms with Gasteiger partial charge in [0.05, 0.1) is 24.3 Å². The highest BCUT2D eigenvalue weighted by molar-refractivity contribution is 6.46. The molecule has 6 nitrogen and oxygen atoms in total. The summed E-state index contributed by atoms with van der Waals surface area (Å²) in [5.74, 6) is -0.729. The minimum atomic E-state index is -0.671. The van der Waals surface area contributed by atoms with E-state index in [4.69, 9.17) is 9.47 Å². The van der Waals surface area contributed by atoms with Gasteiger partial charge in [-0.05, 0) is 70.4 Å². The second-order valence-corrected chi connectivity index (χ2v) is 8.59. The van der Waals surface area contributed by atoms with Gasteiger partial charge >= 0.3 is 0 Å². The molecule has 1 unspecified atom stereocenters. The van der Waals surface area contributed by atoms with Crippen molar-refractivity contribution in [1.82, 2.24) is 4.90 Å². The highest BCUT2D eigenvalue weighted by Crippen LogP contribution is 2.40. The maximum atomic E-state index is 13.1. The number of hydrogen-bond acceptors (Lipinski definition) is 5. The Balaban J connectivity index is 2.04. The molecule has 1 N–H and O–H groups in total. The van der Waals surface area contributed by atoms with Crippen LogP contribution in [0.3, 0.4) is 0 Å². The summed E-state index contributed by atoms with van der Waals surface area (Å²) in [6.07, 6.45) is 0.686. The van der Waals surface area contributed by atoms with Gasteiger partial charge in [0.25, 0.3) is 11.7 Å². The van der Waals surface area contributed by atoms with E-state index in [1.54, 1.807) is 23.1 Å². The van der Waals surface area contributed by atoms with Crippen LogP contribution >= 0.6 is 0 Å². The monoisotopic (exact) mass is 451 g/mol. The first-order valence-corrected chi connectivity index (χ1v) is 11.4. The number of benzene rings is 2. The first-order chi connectivity index (χ1) is 15.7. The zero-order valence-corrected chi connectivity index (χ0v) is 20.1. The van der Waals surface area contributed by atoms with Crippen LogP contribution in [0.25, 0.3) is 5.76 Å². The van der Waals surface area contributed by atoms with Gasteiger partial charge in [0.1, 0.15) is 11.5 Å². The lowest BCUT2D eigenvalue weighted by Gasteiger charge is -2.26. The highest BCUT2D eigenvalue weighted by atomic mass is 16.5. The molecular formula is C27H33NO5. The maximum Gasteiger partial charge on any atom is 0.295 e. The van der Waals surface area contributed by atoms with Crippen LogP contribution in [0.1, 0.15) is 55.5 Å². The van der Waals surface area contributed by atoms with E-state index in [1.807, 2.05) is 58.9 Å². The summed E-state index contributed by atoms with van der Waals surface area (Å²) in [4.78, 5) is 27.7. The maximum absolute atomic E-state index is 13.1. The van der Waals surface area contributed by atoms with E-state index in [0.29, 0.717) is 31.7 Å². The molecule has 0 bridgehead atoms. The molecular weight excluding hydrogens is 418 g/mol. The largest absolute Gasteiger partial charge is 0.507 e. The Kier molecular flexibility index (Phi) is 7.92. The van der Waals surface area contributed by atoms with Gasteiger partial charge in [-0.3, -0.25) is 9.59 Å². The second-order valence-electron chi connectivity index (χ2n) is 8.59. The molecule has 1 saturated heterocycles. The molecule has 0 aromatic heterocycles. The third kappa shape index (κ3) is 5.45. The molecule has 1 aliphatic rings. The van der Waals surface area contributed by atoms with E-state index in [9.17, 15) is 14.7 Å². The summed E-state index contributed by atoms with van der Waals surface area (Å²) in [5, 5.41) is 11.2.